The number of fused-ring (bicyclic) bond motifs is 1. The van der Waals surface area contributed by atoms with Gasteiger partial charge in [0.1, 0.15) is 13.2 Å². The summed E-state index contributed by atoms with van der Waals surface area (Å²) < 4.78 is 41.3. The molecule has 0 atom stereocenters. The van der Waals surface area contributed by atoms with Gasteiger partial charge in [-0.15, -0.1) is 0 Å². The molecule has 0 N–H and O–H groups in total. The number of unbranched alkanes of at least 4 members (excludes halogenated alkanes) is 1. The van der Waals surface area contributed by atoms with Gasteiger partial charge in [-0.2, -0.15) is 0 Å². The molecule has 2 aromatic carbocycles. The lowest BCUT2D eigenvalue weighted by atomic mass is 10.2. The minimum absolute atomic E-state index is 0.141. The van der Waals surface area contributed by atoms with E-state index in [-0.39, 0.29) is 27.2 Å². The SMILES string of the molecule is CCCCOC(=O)CN(c1ccc2c(ccn2-c2cnc(OCCN(C)C)cn2)c1)S(=O)(=O)c1cc(Cl)cc(Cl)c1. The maximum atomic E-state index is 13.8. The van der Waals surface area contributed by atoms with Gasteiger partial charge in [-0.1, -0.05) is 36.5 Å². The third kappa shape index (κ3) is 7.68. The van der Waals surface area contributed by atoms with Crippen molar-refractivity contribution in [2.24, 2.45) is 0 Å². The van der Waals surface area contributed by atoms with Gasteiger partial charge < -0.3 is 14.4 Å². The van der Waals surface area contributed by atoms with E-state index in [1.165, 1.54) is 18.2 Å². The van der Waals surface area contributed by atoms with Crippen molar-refractivity contribution in [3.8, 4) is 11.7 Å². The molecule has 0 saturated heterocycles. The summed E-state index contributed by atoms with van der Waals surface area (Å²) in [6, 6.07) is 10.9. The molecule has 0 aliphatic heterocycles. The van der Waals surface area contributed by atoms with Crippen molar-refractivity contribution in [2.45, 2.75) is 24.7 Å². The number of benzene rings is 2. The van der Waals surface area contributed by atoms with Gasteiger partial charge in [-0.25, -0.2) is 18.4 Å². The number of halogens is 2. The zero-order valence-electron chi connectivity index (χ0n) is 23.0. The molecule has 0 amide bonds. The Bertz CT molecular complexity index is 1590. The van der Waals surface area contributed by atoms with Gasteiger partial charge in [0, 0.05) is 28.2 Å². The van der Waals surface area contributed by atoms with Crippen molar-refractivity contribution in [3.63, 3.8) is 0 Å². The molecule has 10 nitrogen and oxygen atoms in total. The standard InChI is InChI=1S/C28H31Cl2N5O5S/c1-4-5-11-40-28(36)19-35(41(37,38)24-15-21(29)14-22(30)16-24)23-6-7-25-20(13-23)8-9-34(25)26-17-32-27(18-31-26)39-12-10-33(2)3/h6-9,13-18H,4-5,10-12,19H2,1-3H3. The largest absolute Gasteiger partial charge is 0.475 e. The van der Waals surface area contributed by atoms with Crippen LogP contribution in [-0.2, 0) is 19.6 Å². The molecule has 0 saturated carbocycles. The second-order valence-electron chi connectivity index (χ2n) is 9.48. The lowest BCUT2D eigenvalue weighted by molar-refractivity contribution is -0.141. The third-order valence-electron chi connectivity index (χ3n) is 6.07. The first kappa shape index (κ1) is 30.6. The van der Waals surface area contributed by atoms with E-state index in [9.17, 15) is 13.2 Å². The Kier molecular flexibility index (Phi) is 10.1. The van der Waals surface area contributed by atoms with E-state index >= 15 is 0 Å². The average Bonchev–Trinajstić information content (AvgIpc) is 3.35. The molecule has 0 aliphatic rings. The van der Waals surface area contributed by atoms with Crippen LogP contribution in [0.1, 0.15) is 19.8 Å². The van der Waals surface area contributed by atoms with Gasteiger partial charge in [-0.05, 0) is 63.0 Å². The molecule has 4 rings (SSSR count). The number of esters is 1. The summed E-state index contributed by atoms with van der Waals surface area (Å²) in [4.78, 5) is 23.4. The number of carbonyl (C=O) groups excluding carboxylic acids is 1. The van der Waals surface area contributed by atoms with E-state index in [4.69, 9.17) is 32.7 Å². The number of sulfonamides is 1. The van der Waals surface area contributed by atoms with Crippen molar-refractivity contribution in [1.82, 2.24) is 19.4 Å². The number of rotatable bonds is 13. The third-order valence-corrected chi connectivity index (χ3v) is 8.26. The minimum Gasteiger partial charge on any atom is -0.475 e. The Labute approximate surface area is 249 Å². The summed E-state index contributed by atoms with van der Waals surface area (Å²) in [6.07, 6.45) is 6.47. The summed E-state index contributed by atoms with van der Waals surface area (Å²) in [6.45, 7) is 2.89. The molecule has 0 radical (unpaired) electrons. The molecule has 41 heavy (non-hydrogen) atoms. The smallest absolute Gasteiger partial charge is 0.326 e. The van der Waals surface area contributed by atoms with Gasteiger partial charge in [0.15, 0.2) is 5.82 Å². The molecule has 0 unspecified atom stereocenters. The van der Waals surface area contributed by atoms with Crippen LogP contribution < -0.4 is 9.04 Å². The summed E-state index contributed by atoms with van der Waals surface area (Å²) in [5.74, 6) is 0.309. The van der Waals surface area contributed by atoms with Crippen LogP contribution in [0.15, 0.2) is 66.0 Å². The number of carbonyl (C=O) groups is 1. The second kappa shape index (κ2) is 13.5. The van der Waals surface area contributed by atoms with Crippen LogP contribution in [0.3, 0.4) is 0 Å². The van der Waals surface area contributed by atoms with Crippen LogP contribution in [0.5, 0.6) is 5.88 Å². The second-order valence-corrected chi connectivity index (χ2v) is 12.2. The van der Waals surface area contributed by atoms with Gasteiger partial charge in [-0.3, -0.25) is 13.7 Å². The monoisotopic (exact) mass is 619 g/mol. The fourth-order valence-corrected chi connectivity index (χ4v) is 6.07. The van der Waals surface area contributed by atoms with Crippen LogP contribution >= 0.6 is 23.2 Å². The first-order valence-electron chi connectivity index (χ1n) is 12.9. The van der Waals surface area contributed by atoms with Crippen LogP contribution in [0.4, 0.5) is 5.69 Å². The fourth-order valence-electron chi connectivity index (χ4n) is 3.94. The van der Waals surface area contributed by atoms with Gasteiger partial charge in [0.05, 0.1) is 35.1 Å². The van der Waals surface area contributed by atoms with Crippen molar-refractivity contribution in [2.75, 3.05) is 44.7 Å². The predicted octanol–water partition coefficient (Wildman–Crippen LogP) is 5.21. The summed E-state index contributed by atoms with van der Waals surface area (Å²) in [5, 5.41) is 1.04. The van der Waals surface area contributed by atoms with E-state index in [1.54, 1.807) is 36.8 Å². The predicted molar refractivity (Wildman–Crippen MR) is 160 cm³/mol. The molecule has 13 heteroatoms. The van der Waals surface area contributed by atoms with Crippen molar-refractivity contribution >= 4 is 55.8 Å². The Balaban J connectivity index is 1.65. The Hall–Kier alpha value is -3.38. The number of hydrogen-bond donors (Lipinski definition) is 0. The van der Waals surface area contributed by atoms with E-state index in [1.807, 2.05) is 36.6 Å². The molecular weight excluding hydrogens is 589 g/mol. The lowest BCUT2D eigenvalue weighted by Gasteiger charge is -2.24. The van der Waals surface area contributed by atoms with E-state index in [0.717, 1.165) is 28.2 Å². The summed E-state index contributed by atoms with van der Waals surface area (Å²) >= 11 is 12.2. The summed E-state index contributed by atoms with van der Waals surface area (Å²) in [5.41, 5.74) is 1.03. The van der Waals surface area contributed by atoms with Crippen molar-refractivity contribution < 1.29 is 22.7 Å². The maximum absolute atomic E-state index is 13.8. The zero-order valence-corrected chi connectivity index (χ0v) is 25.3. The minimum atomic E-state index is -4.24. The number of aromatic nitrogens is 3. The van der Waals surface area contributed by atoms with Gasteiger partial charge in [0.2, 0.25) is 5.88 Å². The topological polar surface area (TPSA) is 107 Å². The fraction of sp³-hybridized carbons (Fsp3) is 0.321. The normalized spacial score (nSPS) is 11.7. The highest BCUT2D eigenvalue weighted by Crippen LogP contribution is 2.31. The van der Waals surface area contributed by atoms with Crippen LogP contribution in [0.25, 0.3) is 16.7 Å². The molecule has 0 bridgehead atoms. The molecule has 0 fully saturated rings. The Morgan fingerprint density at radius 1 is 1.00 bits per heavy atom. The number of ether oxygens (including phenoxy) is 2. The molecule has 2 heterocycles. The number of nitrogens with zero attached hydrogens (tertiary/aromatic N) is 5. The molecule has 2 aromatic heterocycles. The lowest BCUT2D eigenvalue weighted by Crippen LogP contribution is -2.36. The number of anilines is 1. The van der Waals surface area contributed by atoms with Crippen LogP contribution in [0.2, 0.25) is 10.0 Å². The molecule has 218 valence electrons. The molecule has 0 aliphatic carbocycles. The number of likely N-dealkylation sites (N-methyl/N-ethyl adjacent to an activating group) is 1. The average molecular weight is 621 g/mol. The highest BCUT2D eigenvalue weighted by molar-refractivity contribution is 7.92. The summed E-state index contributed by atoms with van der Waals surface area (Å²) in [7, 11) is -0.320. The zero-order chi connectivity index (χ0) is 29.6. The molecule has 0 spiro atoms. The Morgan fingerprint density at radius 3 is 2.41 bits per heavy atom. The van der Waals surface area contributed by atoms with Gasteiger partial charge >= 0.3 is 5.97 Å². The van der Waals surface area contributed by atoms with E-state index in [0.29, 0.717) is 24.7 Å². The number of hydrogen-bond acceptors (Lipinski definition) is 8. The quantitative estimate of drug-likeness (QED) is 0.148. The molecular formula is C28H31Cl2N5O5S. The maximum Gasteiger partial charge on any atom is 0.326 e. The first-order valence-corrected chi connectivity index (χ1v) is 15.1. The van der Waals surface area contributed by atoms with Crippen LogP contribution in [0, 0.1) is 0 Å². The van der Waals surface area contributed by atoms with Gasteiger partial charge in [0.25, 0.3) is 10.0 Å². The van der Waals surface area contributed by atoms with E-state index in [2.05, 4.69) is 9.97 Å². The van der Waals surface area contributed by atoms with Crippen molar-refractivity contribution in [1.29, 1.82) is 0 Å². The van der Waals surface area contributed by atoms with Crippen molar-refractivity contribution in [3.05, 3.63) is 71.1 Å². The Morgan fingerprint density at radius 2 is 1.76 bits per heavy atom. The van der Waals surface area contributed by atoms with Crippen LogP contribution in [-0.4, -0.2) is 74.2 Å². The highest BCUT2D eigenvalue weighted by atomic mass is 35.5. The molecule has 4 aromatic rings. The first-order chi connectivity index (χ1) is 19.6. The highest BCUT2D eigenvalue weighted by Gasteiger charge is 2.29. The van der Waals surface area contributed by atoms with E-state index < -0.39 is 22.5 Å².